The zero-order valence-electron chi connectivity index (χ0n) is 10.3. The minimum atomic E-state index is -0.175. The van der Waals surface area contributed by atoms with Crippen LogP contribution in [0.4, 0.5) is 4.39 Å². The van der Waals surface area contributed by atoms with Gasteiger partial charge in [-0.2, -0.15) is 0 Å². The van der Waals surface area contributed by atoms with Gasteiger partial charge in [0.05, 0.1) is 0 Å². The SMILES string of the molecule is CC(=CCCNC(C)C)c1cccc(F)c1. The molecule has 0 saturated heterocycles. The third kappa shape index (κ3) is 4.58. The van der Waals surface area contributed by atoms with E-state index in [2.05, 4.69) is 25.2 Å². The fourth-order valence-electron chi connectivity index (χ4n) is 1.51. The number of halogens is 1. The molecule has 1 aromatic rings. The van der Waals surface area contributed by atoms with Crippen molar-refractivity contribution < 1.29 is 4.39 Å². The van der Waals surface area contributed by atoms with Gasteiger partial charge in [0.2, 0.25) is 0 Å². The van der Waals surface area contributed by atoms with E-state index in [0.717, 1.165) is 24.1 Å². The fourth-order valence-corrected chi connectivity index (χ4v) is 1.51. The van der Waals surface area contributed by atoms with Crippen LogP contribution in [0, 0.1) is 5.82 Å². The quantitative estimate of drug-likeness (QED) is 0.749. The van der Waals surface area contributed by atoms with Crippen molar-refractivity contribution in [3.63, 3.8) is 0 Å². The highest BCUT2D eigenvalue weighted by Crippen LogP contribution is 2.14. The predicted molar refractivity (Wildman–Crippen MR) is 67.8 cm³/mol. The highest BCUT2D eigenvalue weighted by atomic mass is 19.1. The van der Waals surface area contributed by atoms with Crippen molar-refractivity contribution >= 4 is 5.57 Å². The predicted octanol–water partition coefficient (Wildman–Crippen LogP) is 3.62. The molecule has 1 N–H and O–H groups in total. The fraction of sp³-hybridized carbons (Fsp3) is 0.429. The number of rotatable bonds is 5. The lowest BCUT2D eigenvalue weighted by Gasteiger charge is -2.06. The Bertz CT molecular complexity index is 356. The van der Waals surface area contributed by atoms with Crippen LogP contribution in [-0.2, 0) is 0 Å². The Hall–Kier alpha value is -1.15. The zero-order chi connectivity index (χ0) is 12.0. The lowest BCUT2D eigenvalue weighted by atomic mass is 10.1. The minimum absolute atomic E-state index is 0.175. The number of hydrogen-bond acceptors (Lipinski definition) is 1. The summed E-state index contributed by atoms with van der Waals surface area (Å²) in [5.41, 5.74) is 2.09. The summed E-state index contributed by atoms with van der Waals surface area (Å²) in [6.45, 7) is 7.24. The molecule has 0 aliphatic carbocycles. The molecular weight excluding hydrogens is 201 g/mol. The number of allylic oxidation sites excluding steroid dienone is 1. The van der Waals surface area contributed by atoms with E-state index < -0.39 is 0 Å². The normalized spacial score (nSPS) is 12.2. The molecule has 1 rings (SSSR count). The van der Waals surface area contributed by atoms with Crippen molar-refractivity contribution in [3.8, 4) is 0 Å². The van der Waals surface area contributed by atoms with Gasteiger partial charge in [0.1, 0.15) is 5.82 Å². The third-order valence-electron chi connectivity index (χ3n) is 2.43. The molecule has 0 saturated carbocycles. The average Bonchev–Trinajstić information content (AvgIpc) is 2.24. The maximum Gasteiger partial charge on any atom is 0.123 e. The Morgan fingerprint density at radius 1 is 1.44 bits per heavy atom. The Balaban J connectivity index is 2.50. The van der Waals surface area contributed by atoms with Crippen molar-refractivity contribution in [2.45, 2.75) is 33.2 Å². The lowest BCUT2D eigenvalue weighted by Crippen LogP contribution is -2.23. The number of nitrogens with one attached hydrogen (secondary N) is 1. The first-order valence-electron chi connectivity index (χ1n) is 5.75. The van der Waals surface area contributed by atoms with Crippen molar-refractivity contribution in [2.75, 3.05) is 6.54 Å². The van der Waals surface area contributed by atoms with E-state index in [0.29, 0.717) is 6.04 Å². The van der Waals surface area contributed by atoms with Crippen LogP contribution in [0.5, 0.6) is 0 Å². The van der Waals surface area contributed by atoms with Crippen LogP contribution in [0.25, 0.3) is 5.57 Å². The molecule has 0 fully saturated rings. The van der Waals surface area contributed by atoms with Crippen LogP contribution in [0.1, 0.15) is 32.8 Å². The third-order valence-corrected chi connectivity index (χ3v) is 2.43. The van der Waals surface area contributed by atoms with Crippen molar-refractivity contribution in [1.82, 2.24) is 5.32 Å². The molecule has 0 radical (unpaired) electrons. The monoisotopic (exact) mass is 221 g/mol. The standard InChI is InChI=1S/C14H20FN/c1-11(2)16-9-5-6-12(3)13-7-4-8-14(15)10-13/h4,6-8,10-11,16H,5,9H2,1-3H3. The van der Waals surface area contributed by atoms with Gasteiger partial charge in [-0.05, 0) is 43.2 Å². The van der Waals surface area contributed by atoms with Gasteiger partial charge in [-0.25, -0.2) is 4.39 Å². The Morgan fingerprint density at radius 2 is 2.19 bits per heavy atom. The molecule has 16 heavy (non-hydrogen) atoms. The first-order valence-corrected chi connectivity index (χ1v) is 5.75. The van der Waals surface area contributed by atoms with E-state index in [-0.39, 0.29) is 5.82 Å². The summed E-state index contributed by atoms with van der Waals surface area (Å²) in [6.07, 6.45) is 3.12. The van der Waals surface area contributed by atoms with Crippen LogP contribution in [0.2, 0.25) is 0 Å². The first kappa shape index (κ1) is 12.9. The molecule has 0 heterocycles. The molecule has 0 aliphatic heterocycles. The molecule has 2 heteroatoms. The van der Waals surface area contributed by atoms with Gasteiger partial charge >= 0.3 is 0 Å². The minimum Gasteiger partial charge on any atom is -0.314 e. The van der Waals surface area contributed by atoms with Crippen LogP contribution in [-0.4, -0.2) is 12.6 Å². The van der Waals surface area contributed by atoms with Gasteiger partial charge in [-0.1, -0.05) is 32.1 Å². The summed E-state index contributed by atoms with van der Waals surface area (Å²) < 4.78 is 13.0. The Labute approximate surface area is 97.4 Å². The van der Waals surface area contributed by atoms with Gasteiger partial charge in [-0.3, -0.25) is 0 Å². The summed E-state index contributed by atoms with van der Waals surface area (Å²) in [7, 11) is 0. The highest BCUT2D eigenvalue weighted by Gasteiger charge is 1.97. The molecule has 0 aromatic heterocycles. The van der Waals surface area contributed by atoms with Gasteiger partial charge in [-0.15, -0.1) is 0 Å². The van der Waals surface area contributed by atoms with Gasteiger partial charge in [0, 0.05) is 6.04 Å². The van der Waals surface area contributed by atoms with E-state index in [1.54, 1.807) is 12.1 Å². The summed E-state index contributed by atoms with van der Waals surface area (Å²) in [4.78, 5) is 0. The maximum atomic E-state index is 13.0. The smallest absolute Gasteiger partial charge is 0.123 e. The largest absolute Gasteiger partial charge is 0.314 e. The summed E-state index contributed by atoms with van der Waals surface area (Å²) in [5, 5.41) is 3.35. The van der Waals surface area contributed by atoms with Gasteiger partial charge in [0.25, 0.3) is 0 Å². The molecule has 88 valence electrons. The molecule has 0 amide bonds. The number of hydrogen-bond donors (Lipinski definition) is 1. The van der Waals surface area contributed by atoms with E-state index in [1.807, 2.05) is 13.0 Å². The Kier molecular flexibility index (Phi) is 5.20. The molecule has 0 spiro atoms. The average molecular weight is 221 g/mol. The summed E-state index contributed by atoms with van der Waals surface area (Å²) in [6, 6.07) is 7.24. The lowest BCUT2D eigenvalue weighted by molar-refractivity contribution is 0.595. The molecular formula is C14H20FN. The molecule has 0 bridgehead atoms. The van der Waals surface area contributed by atoms with Crippen LogP contribution < -0.4 is 5.32 Å². The molecule has 0 aliphatic rings. The van der Waals surface area contributed by atoms with E-state index in [1.165, 1.54) is 6.07 Å². The van der Waals surface area contributed by atoms with Crippen LogP contribution in [0.15, 0.2) is 30.3 Å². The molecule has 0 unspecified atom stereocenters. The van der Waals surface area contributed by atoms with Crippen molar-refractivity contribution in [3.05, 3.63) is 41.7 Å². The van der Waals surface area contributed by atoms with Crippen molar-refractivity contribution in [2.24, 2.45) is 0 Å². The maximum absolute atomic E-state index is 13.0. The van der Waals surface area contributed by atoms with E-state index in [9.17, 15) is 4.39 Å². The van der Waals surface area contributed by atoms with E-state index >= 15 is 0 Å². The first-order chi connectivity index (χ1) is 7.59. The van der Waals surface area contributed by atoms with Gasteiger partial charge in [0.15, 0.2) is 0 Å². The van der Waals surface area contributed by atoms with Crippen LogP contribution in [0.3, 0.4) is 0 Å². The Morgan fingerprint density at radius 3 is 2.81 bits per heavy atom. The second-order valence-electron chi connectivity index (χ2n) is 4.29. The second kappa shape index (κ2) is 6.44. The summed E-state index contributed by atoms with van der Waals surface area (Å²) >= 11 is 0. The molecule has 1 aromatic carbocycles. The zero-order valence-corrected chi connectivity index (χ0v) is 10.3. The summed E-state index contributed by atoms with van der Waals surface area (Å²) in [5.74, 6) is -0.175. The topological polar surface area (TPSA) is 12.0 Å². The molecule has 0 atom stereocenters. The van der Waals surface area contributed by atoms with E-state index in [4.69, 9.17) is 0 Å². The van der Waals surface area contributed by atoms with Crippen molar-refractivity contribution in [1.29, 1.82) is 0 Å². The molecule has 1 nitrogen and oxygen atoms in total. The van der Waals surface area contributed by atoms with Crippen LogP contribution >= 0.6 is 0 Å². The van der Waals surface area contributed by atoms with Gasteiger partial charge < -0.3 is 5.32 Å². The number of benzene rings is 1. The second-order valence-corrected chi connectivity index (χ2v) is 4.29. The highest BCUT2D eigenvalue weighted by molar-refractivity contribution is 5.63.